The summed E-state index contributed by atoms with van der Waals surface area (Å²) < 4.78 is 27.1. The van der Waals surface area contributed by atoms with E-state index in [-0.39, 0.29) is 16.5 Å². The van der Waals surface area contributed by atoms with Crippen molar-refractivity contribution in [2.45, 2.75) is 42.5 Å². The Kier molecular flexibility index (Phi) is 3.86. The van der Waals surface area contributed by atoms with E-state index in [1.54, 1.807) is 12.1 Å². The van der Waals surface area contributed by atoms with Crippen molar-refractivity contribution in [3.05, 3.63) is 34.8 Å². The molecule has 2 fully saturated rings. The number of amides is 1. The molecular formula is C15H16N4O3S2. The molecule has 0 aliphatic heterocycles. The molecule has 2 N–H and O–H groups in total. The largest absolute Gasteiger partial charge is 0.296 e. The van der Waals surface area contributed by atoms with Gasteiger partial charge in [0.15, 0.2) is 0 Å². The third kappa shape index (κ3) is 3.47. The molecule has 2 aliphatic carbocycles. The first-order valence-corrected chi connectivity index (χ1v) is 10.1. The summed E-state index contributed by atoms with van der Waals surface area (Å²) in [5, 5.41) is 12.1. The van der Waals surface area contributed by atoms with Crippen molar-refractivity contribution >= 4 is 32.4 Å². The highest BCUT2D eigenvalue weighted by Gasteiger charge is 2.29. The lowest BCUT2D eigenvalue weighted by Gasteiger charge is -2.07. The molecule has 1 aromatic carbocycles. The zero-order valence-electron chi connectivity index (χ0n) is 12.7. The van der Waals surface area contributed by atoms with E-state index in [4.69, 9.17) is 0 Å². The summed E-state index contributed by atoms with van der Waals surface area (Å²) >= 11 is 1.37. The van der Waals surface area contributed by atoms with E-state index in [1.165, 1.54) is 23.5 Å². The van der Waals surface area contributed by atoms with Gasteiger partial charge in [-0.25, -0.2) is 13.1 Å². The van der Waals surface area contributed by atoms with Crippen molar-refractivity contribution in [1.82, 2.24) is 14.9 Å². The van der Waals surface area contributed by atoms with Crippen LogP contribution in [0.3, 0.4) is 0 Å². The van der Waals surface area contributed by atoms with Gasteiger partial charge in [0.25, 0.3) is 5.91 Å². The number of anilines is 1. The standard InChI is InChI=1S/C15H16N4O3S2/c20-13(16-15-18-17-14(23-15)9-4-5-9)10-2-1-3-12(8-10)24(21,22)19-11-6-7-11/h1-3,8-9,11,19H,4-7H2,(H,16,18,20). The fourth-order valence-electron chi connectivity index (χ4n) is 2.24. The molecule has 24 heavy (non-hydrogen) atoms. The maximum atomic E-state index is 12.3. The number of hydrogen-bond acceptors (Lipinski definition) is 6. The third-order valence-corrected chi connectivity index (χ3v) is 6.41. The molecule has 0 bridgehead atoms. The summed E-state index contributed by atoms with van der Waals surface area (Å²) in [5.74, 6) is 0.0899. The van der Waals surface area contributed by atoms with Gasteiger partial charge in [-0.15, -0.1) is 10.2 Å². The monoisotopic (exact) mass is 364 g/mol. The smallest absolute Gasteiger partial charge is 0.257 e. The number of hydrogen-bond donors (Lipinski definition) is 2. The van der Waals surface area contributed by atoms with Gasteiger partial charge in [-0.2, -0.15) is 0 Å². The summed E-state index contributed by atoms with van der Waals surface area (Å²) in [7, 11) is -3.58. The molecule has 2 saturated carbocycles. The van der Waals surface area contributed by atoms with Crippen molar-refractivity contribution in [3.8, 4) is 0 Å². The first-order chi connectivity index (χ1) is 11.5. The molecule has 0 spiro atoms. The van der Waals surface area contributed by atoms with Gasteiger partial charge in [0, 0.05) is 17.5 Å². The number of carbonyl (C=O) groups is 1. The fourth-order valence-corrected chi connectivity index (χ4v) is 4.50. The minimum Gasteiger partial charge on any atom is -0.296 e. The fraction of sp³-hybridized carbons (Fsp3) is 0.400. The molecular weight excluding hydrogens is 348 g/mol. The van der Waals surface area contributed by atoms with Crippen LogP contribution in [0, 0.1) is 0 Å². The van der Waals surface area contributed by atoms with Gasteiger partial charge in [-0.3, -0.25) is 10.1 Å². The quantitative estimate of drug-likeness (QED) is 0.817. The predicted octanol–water partition coefficient (Wildman–Crippen LogP) is 2.11. The average Bonchev–Trinajstić information content (AvgIpc) is 3.49. The first kappa shape index (κ1) is 15.7. The maximum absolute atomic E-state index is 12.3. The Bertz CT molecular complexity index is 886. The Morgan fingerprint density at radius 1 is 1.17 bits per heavy atom. The van der Waals surface area contributed by atoms with Gasteiger partial charge < -0.3 is 0 Å². The van der Waals surface area contributed by atoms with E-state index in [1.807, 2.05) is 0 Å². The zero-order chi connectivity index (χ0) is 16.7. The second kappa shape index (κ2) is 5.91. The normalized spacial score (nSPS) is 17.7. The number of nitrogens with zero attached hydrogens (tertiary/aromatic N) is 2. The van der Waals surface area contributed by atoms with E-state index in [0.717, 1.165) is 30.7 Å². The van der Waals surface area contributed by atoms with Crippen LogP contribution < -0.4 is 10.0 Å². The van der Waals surface area contributed by atoms with Crippen LogP contribution in [0.25, 0.3) is 0 Å². The molecule has 4 rings (SSSR count). The van der Waals surface area contributed by atoms with E-state index < -0.39 is 15.9 Å². The highest BCUT2D eigenvalue weighted by Crippen LogP contribution is 2.42. The molecule has 126 valence electrons. The lowest BCUT2D eigenvalue weighted by molar-refractivity contribution is 0.102. The van der Waals surface area contributed by atoms with Crippen molar-refractivity contribution in [2.24, 2.45) is 0 Å². The minimum absolute atomic E-state index is 0.0229. The molecule has 7 nitrogen and oxygen atoms in total. The van der Waals surface area contributed by atoms with E-state index in [0.29, 0.717) is 11.0 Å². The third-order valence-electron chi connectivity index (χ3n) is 3.89. The molecule has 1 amide bonds. The Hall–Kier alpha value is -1.84. The summed E-state index contributed by atoms with van der Waals surface area (Å²) in [4.78, 5) is 12.4. The molecule has 1 heterocycles. The Labute approximate surface area is 143 Å². The molecule has 0 unspecified atom stereocenters. The van der Waals surface area contributed by atoms with E-state index >= 15 is 0 Å². The van der Waals surface area contributed by atoms with E-state index in [9.17, 15) is 13.2 Å². The average molecular weight is 364 g/mol. The minimum atomic E-state index is -3.58. The Balaban J connectivity index is 1.50. The molecule has 2 aromatic rings. The van der Waals surface area contributed by atoms with Gasteiger partial charge in [0.1, 0.15) is 5.01 Å². The number of benzene rings is 1. The van der Waals surface area contributed by atoms with E-state index in [2.05, 4.69) is 20.2 Å². The van der Waals surface area contributed by atoms with Crippen LogP contribution in [0.4, 0.5) is 5.13 Å². The molecule has 9 heteroatoms. The van der Waals surface area contributed by atoms with Gasteiger partial charge in [0.2, 0.25) is 15.2 Å². The van der Waals surface area contributed by atoms with Crippen molar-refractivity contribution in [1.29, 1.82) is 0 Å². The summed E-state index contributed by atoms with van der Waals surface area (Å²) in [5.41, 5.74) is 0.275. The van der Waals surface area contributed by atoms with Gasteiger partial charge in [-0.05, 0) is 43.9 Å². The summed E-state index contributed by atoms with van der Waals surface area (Å²) in [6.07, 6.45) is 3.96. The zero-order valence-corrected chi connectivity index (χ0v) is 14.4. The molecule has 0 atom stereocenters. The number of nitrogens with one attached hydrogen (secondary N) is 2. The van der Waals surface area contributed by atoms with Gasteiger partial charge >= 0.3 is 0 Å². The van der Waals surface area contributed by atoms with Crippen molar-refractivity contribution < 1.29 is 13.2 Å². The molecule has 1 aromatic heterocycles. The topological polar surface area (TPSA) is 101 Å². The maximum Gasteiger partial charge on any atom is 0.257 e. The number of carbonyl (C=O) groups excluding carboxylic acids is 1. The second-order valence-corrected chi connectivity index (χ2v) is 8.82. The van der Waals surface area contributed by atoms with Crippen molar-refractivity contribution in [2.75, 3.05) is 5.32 Å². The van der Waals surface area contributed by atoms with Crippen LogP contribution in [-0.4, -0.2) is 30.6 Å². The van der Waals surface area contributed by atoms with Crippen LogP contribution in [-0.2, 0) is 10.0 Å². The number of sulfonamides is 1. The van der Waals surface area contributed by atoms with Crippen LogP contribution in [0.2, 0.25) is 0 Å². The molecule has 2 aliphatic rings. The lowest BCUT2D eigenvalue weighted by Crippen LogP contribution is -2.26. The van der Waals surface area contributed by atoms with Crippen LogP contribution in [0.15, 0.2) is 29.2 Å². The highest BCUT2D eigenvalue weighted by atomic mass is 32.2. The Morgan fingerprint density at radius 3 is 2.67 bits per heavy atom. The molecule has 0 saturated heterocycles. The van der Waals surface area contributed by atoms with Crippen LogP contribution in [0.1, 0.15) is 47.0 Å². The lowest BCUT2D eigenvalue weighted by atomic mass is 10.2. The predicted molar refractivity (Wildman–Crippen MR) is 89.6 cm³/mol. The van der Waals surface area contributed by atoms with Crippen LogP contribution >= 0.6 is 11.3 Å². The van der Waals surface area contributed by atoms with Gasteiger partial charge in [-0.1, -0.05) is 17.4 Å². The summed E-state index contributed by atoms with van der Waals surface area (Å²) in [6, 6.07) is 6.02. The summed E-state index contributed by atoms with van der Waals surface area (Å²) in [6.45, 7) is 0. The number of rotatable bonds is 6. The second-order valence-electron chi connectivity index (χ2n) is 6.10. The first-order valence-electron chi connectivity index (χ1n) is 7.78. The van der Waals surface area contributed by atoms with Gasteiger partial charge in [0.05, 0.1) is 4.90 Å². The molecule has 0 radical (unpaired) electrons. The highest BCUT2D eigenvalue weighted by molar-refractivity contribution is 7.89. The van der Waals surface area contributed by atoms with Crippen LogP contribution in [0.5, 0.6) is 0 Å². The number of aromatic nitrogens is 2. The Morgan fingerprint density at radius 2 is 1.96 bits per heavy atom. The van der Waals surface area contributed by atoms with Crippen molar-refractivity contribution in [3.63, 3.8) is 0 Å². The SMILES string of the molecule is O=C(Nc1nnc(C2CC2)s1)c1cccc(S(=O)(=O)NC2CC2)c1.